The Morgan fingerprint density at radius 1 is 1.45 bits per heavy atom. The lowest BCUT2D eigenvalue weighted by Gasteiger charge is -2.09. The summed E-state index contributed by atoms with van der Waals surface area (Å²) in [6, 6.07) is 3.21. The summed E-state index contributed by atoms with van der Waals surface area (Å²) >= 11 is 3.30. The molecule has 0 aliphatic carbocycles. The Labute approximate surface area is 123 Å². The Kier molecular flexibility index (Phi) is 4.23. The number of H-pyrrole nitrogens is 1. The van der Waals surface area contributed by atoms with Crippen LogP contribution >= 0.6 is 15.9 Å². The van der Waals surface area contributed by atoms with E-state index in [4.69, 9.17) is 9.47 Å². The van der Waals surface area contributed by atoms with Crippen molar-refractivity contribution >= 4 is 21.9 Å². The van der Waals surface area contributed by atoms with Gasteiger partial charge in [0.2, 0.25) is 0 Å². The molecule has 0 saturated heterocycles. The first-order valence-corrected chi connectivity index (χ1v) is 6.52. The number of aromatic amines is 1. The Bertz CT molecular complexity index is 642. The van der Waals surface area contributed by atoms with Gasteiger partial charge in [-0.25, -0.2) is 4.79 Å². The number of halogens is 1. The highest BCUT2D eigenvalue weighted by Gasteiger charge is 2.23. The van der Waals surface area contributed by atoms with E-state index in [1.54, 1.807) is 19.1 Å². The van der Waals surface area contributed by atoms with Crippen molar-refractivity contribution in [3.63, 3.8) is 0 Å². The van der Waals surface area contributed by atoms with Crippen LogP contribution in [0.1, 0.15) is 17.4 Å². The molecular weight excluding hydrogens is 330 g/mol. The molecule has 1 aromatic carbocycles. The molecule has 0 atom stereocenters. The monoisotopic (exact) mass is 341 g/mol. The third-order valence-corrected chi connectivity index (χ3v) is 2.99. The zero-order valence-corrected chi connectivity index (χ0v) is 12.4. The highest BCUT2D eigenvalue weighted by Crippen LogP contribution is 2.39. The van der Waals surface area contributed by atoms with E-state index in [0.717, 1.165) is 0 Å². The number of methoxy groups -OCH3 is 1. The summed E-state index contributed by atoms with van der Waals surface area (Å²) in [5.74, 6) is -0.489. The summed E-state index contributed by atoms with van der Waals surface area (Å²) in [6.45, 7) is 1.91. The Morgan fingerprint density at radius 3 is 2.85 bits per heavy atom. The van der Waals surface area contributed by atoms with E-state index in [1.807, 2.05) is 0 Å². The molecule has 2 aromatic rings. The predicted molar refractivity (Wildman–Crippen MR) is 73.7 cm³/mol. The molecule has 0 spiro atoms. The number of phenols is 1. The van der Waals surface area contributed by atoms with Crippen molar-refractivity contribution in [2.75, 3.05) is 13.7 Å². The third kappa shape index (κ3) is 2.60. The summed E-state index contributed by atoms with van der Waals surface area (Å²) < 4.78 is 10.6. The standard InChI is InChI=1S/C12H12BrN3O4/c1-3-20-12(18)10-9(14-16-15-10)7-4-6(13)5-8(19-2)11(7)17/h4-5,17H,3H2,1-2H3,(H,14,15,16). The van der Waals surface area contributed by atoms with Crippen LogP contribution in [0.4, 0.5) is 0 Å². The molecule has 0 fully saturated rings. The van der Waals surface area contributed by atoms with Crippen LogP contribution in [-0.4, -0.2) is 40.2 Å². The minimum atomic E-state index is -0.616. The lowest BCUT2D eigenvalue weighted by Crippen LogP contribution is -2.07. The molecule has 0 radical (unpaired) electrons. The SMILES string of the molecule is CCOC(=O)c1n[nH]nc1-c1cc(Br)cc(OC)c1O. The number of carbonyl (C=O) groups is 1. The van der Waals surface area contributed by atoms with Crippen LogP contribution < -0.4 is 4.74 Å². The molecule has 8 heteroatoms. The molecule has 0 saturated carbocycles. The van der Waals surface area contributed by atoms with Gasteiger partial charge in [-0.05, 0) is 19.1 Å². The molecule has 0 amide bonds. The Hall–Kier alpha value is -2.09. The molecular formula is C12H12BrN3O4. The van der Waals surface area contributed by atoms with Gasteiger partial charge in [0.15, 0.2) is 17.2 Å². The van der Waals surface area contributed by atoms with Crippen LogP contribution in [0.15, 0.2) is 16.6 Å². The van der Waals surface area contributed by atoms with Crippen LogP contribution in [0.2, 0.25) is 0 Å². The van der Waals surface area contributed by atoms with Crippen LogP contribution in [0.5, 0.6) is 11.5 Å². The quantitative estimate of drug-likeness (QED) is 0.826. The average Bonchev–Trinajstić information content (AvgIpc) is 2.90. The fraction of sp³-hybridized carbons (Fsp3) is 0.250. The molecule has 0 bridgehead atoms. The third-order valence-electron chi connectivity index (χ3n) is 2.53. The molecule has 1 aromatic heterocycles. The number of benzene rings is 1. The number of nitrogens with zero attached hydrogens (tertiary/aromatic N) is 2. The van der Waals surface area contributed by atoms with E-state index in [1.165, 1.54) is 7.11 Å². The second-order valence-electron chi connectivity index (χ2n) is 3.75. The van der Waals surface area contributed by atoms with Gasteiger partial charge in [-0.15, -0.1) is 5.10 Å². The van der Waals surface area contributed by atoms with Crippen LogP contribution in [0, 0.1) is 0 Å². The van der Waals surface area contributed by atoms with E-state index in [2.05, 4.69) is 31.3 Å². The Balaban J connectivity index is 2.55. The zero-order valence-electron chi connectivity index (χ0n) is 10.8. The fourth-order valence-corrected chi connectivity index (χ4v) is 2.11. The van der Waals surface area contributed by atoms with Gasteiger partial charge < -0.3 is 14.6 Å². The number of carbonyl (C=O) groups excluding carboxylic acids is 1. The number of esters is 1. The van der Waals surface area contributed by atoms with Crippen molar-refractivity contribution in [1.29, 1.82) is 0 Å². The predicted octanol–water partition coefficient (Wildman–Crippen LogP) is 2.13. The van der Waals surface area contributed by atoms with Crippen molar-refractivity contribution < 1.29 is 19.4 Å². The smallest absolute Gasteiger partial charge is 0.361 e. The van der Waals surface area contributed by atoms with Crippen LogP contribution in [0.3, 0.4) is 0 Å². The molecule has 2 N–H and O–H groups in total. The summed E-state index contributed by atoms with van der Waals surface area (Å²) in [6.07, 6.45) is 0. The second-order valence-corrected chi connectivity index (χ2v) is 4.66. The topological polar surface area (TPSA) is 97.3 Å². The Morgan fingerprint density at radius 2 is 2.20 bits per heavy atom. The number of hydrogen-bond donors (Lipinski definition) is 2. The van der Waals surface area contributed by atoms with Gasteiger partial charge >= 0.3 is 5.97 Å². The van der Waals surface area contributed by atoms with Gasteiger partial charge in [0.1, 0.15) is 5.69 Å². The van der Waals surface area contributed by atoms with Crippen LogP contribution in [-0.2, 0) is 4.74 Å². The summed E-state index contributed by atoms with van der Waals surface area (Å²) in [4.78, 5) is 11.8. The summed E-state index contributed by atoms with van der Waals surface area (Å²) in [5, 5.41) is 20.1. The first-order chi connectivity index (χ1) is 9.58. The maximum Gasteiger partial charge on any atom is 0.361 e. The maximum absolute atomic E-state index is 11.8. The molecule has 0 aliphatic heterocycles. The van der Waals surface area contributed by atoms with Gasteiger partial charge in [-0.1, -0.05) is 15.9 Å². The largest absolute Gasteiger partial charge is 0.504 e. The van der Waals surface area contributed by atoms with Gasteiger partial charge in [0.05, 0.1) is 19.3 Å². The number of ether oxygens (including phenoxy) is 2. The first kappa shape index (κ1) is 14.3. The number of rotatable bonds is 4. The number of aromatic hydroxyl groups is 1. The average molecular weight is 342 g/mol. The van der Waals surface area contributed by atoms with Crippen molar-refractivity contribution in [1.82, 2.24) is 15.4 Å². The van der Waals surface area contributed by atoms with E-state index >= 15 is 0 Å². The van der Waals surface area contributed by atoms with Crippen molar-refractivity contribution in [3.8, 4) is 22.8 Å². The molecule has 20 heavy (non-hydrogen) atoms. The minimum absolute atomic E-state index is 0.00213. The highest BCUT2D eigenvalue weighted by atomic mass is 79.9. The van der Waals surface area contributed by atoms with Crippen molar-refractivity contribution in [2.45, 2.75) is 6.92 Å². The maximum atomic E-state index is 11.8. The van der Waals surface area contributed by atoms with Crippen LogP contribution in [0.25, 0.3) is 11.3 Å². The van der Waals surface area contributed by atoms with Crippen molar-refractivity contribution in [3.05, 3.63) is 22.3 Å². The van der Waals surface area contributed by atoms with E-state index in [9.17, 15) is 9.90 Å². The molecule has 7 nitrogen and oxygen atoms in total. The zero-order chi connectivity index (χ0) is 14.7. The highest BCUT2D eigenvalue weighted by molar-refractivity contribution is 9.10. The molecule has 106 valence electrons. The fourth-order valence-electron chi connectivity index (χ4n) is 1.67. The summed E-state index contributed by atoms with van der Waals surface area (Å²) in [5.41, 5.74) is 0.510. The number of nitrogens with one attached hydrogen (secondary N) is 1. The van der Waals surface area contributed by atoms with Crippen molar-refractivity contribution in [2.24, 2.45) is 0 Å². The van der Waals surface area contributed by atoms with E-state index in [-0.39, 0.29) is 29.5 Å². The van der Waals surface area contributed by atoms with Gasteiger partial charge in [-0.2, -0.15) is 10.3 Å². The first-order valence-electron chi connectivity index (χ1n) is 5.73. The van der Waals surface area contributed by atoms with E-state index in [0.29, 0.717) is 10.0 Å². The van der Waals surface area contributed by atoms with Gasteiger partial charge in [-0.3, -0.25) is 0 Å². The second kappa shape index (κ2) is 5.91. The molecule has 0 aliphatic rings. The number of phenolic OH excluding ortho intramolecular Hbond substituents is 1. The summed E-state index contributed by atoms with van der Waals surface area (Å²) in [7, 11) is 1.43. The van der Waals surface area contributed by atoms with Gasteiger partial charge in [0.25, 0.3) is 0 Å². The number of hydrogen-bond acceptors (Lipinski definition) is 6. The van der Waals surface area contributed by atoms with E-state index < -0.39 is 5.97 Å². The normalized spacial score (nSPS) is 10.3. The van der Waals surface area contributed by atoms with Gasteiger partial charge in [0, 0.05) is 4.47 Å². The molecule has 0 unspecified atom stereocenters. The minimum Gasteiger partial charge on any atom is -0.504 e. The number of aromatic nitrogens is 3. The molecule has 1 heterocycles. The molecule has 2 rings (SSSR count). The lowest BCUT2D eigenvalue weighted by atomic mass is 10.1. The lowest BCUT2D eigenvalue weighted by molar-refractivity contribution is 0.0520.